The summed E-state index contributed by atoms with van der Waals surface area (Å²) in [6, 6.07) is 10.9. The second-order valence-electron chi connectivity index (χ2n) is 6.94. The van der Waals surface area contributed by atoms with E-state index in [9.17, 15) is 13.2 Å². The maximum atomic E-state index is 12.8. The molecule has 1 aliphatic heterocycles. The third-order valence-electron chi connectivity index (χ3n) is 4.92. The summed E-state index contributed by atoms with van der Waals surface area (Å²) in [6.07, 6.45) is 0.748. The van der Waals surface area contributed by atoms with Crippen LogP contribution in [0.2, 0.25) is 5.02 Å². The van der Waals surface area contributed by atoms with E-state index in [-0.39, 0.29) is 16.7 Å². The summed E-state index contributed by atoms with van der Waals surface area (Å²) in [4.78, 5) is 18.2. The predicted molar refractivity (Wildman–Crippen MR) is 113 cm³/mol. The minimum absolute atomic E-state index is 0.0503. The van der Waals surface area contributed by atoms with Crippen LogP contribution in [0.25, 0.3) is 21.8 Å². The molecule has 30 heavy (non-hydrogen) atoms. The van der Waals surface area contributed by atoms with Crippen LogP contribution in [0, 0.1) is 0 Å². The van der Waals surface area contributed by atoms with Gasteiger partial charge in [0.2, 0.25) is 0 Å². The van der Waals surface area contributed by atoms with Gasteiger partial charge in [-0.3, -0.25) is 9.52 Å². The number of hydrogen-bond donors (Lipinski definition) is 3. The first-order valence-corrected chi connectivity index (χ1v) is 10.9. The van der Waals surface area contributed by atoms with Gasteiger partial charge in [-0.25, -0.2) is 8.42 Å². The molecule has 8 nitrogen and oxygen atoms in total. The molecule has 0 bridgehead atoms. The van der Waals surface area contributed by atoms with E-state index in [1.54, 1.807) is 43.5 Å². The number of aromatic nitrogens is 2. The molecule has 0 amide bonds. The lowest BCUT2D eigenvalue weighted by Crippen LogP contribution is -2.31. The van der Waals surface area contributed by atoms with E-state index in [2.05, 4.69) is 14.7 Å². The van der Waals surface area contributed by atoms with Gasteiger partial charge in [-0.05, 0) is 43.3 Å². The Labute approximate surface area is 175 Å². The lowest BCUT2D eigenvalue weighted by molar-refractivity contribution is -0.382. The van der Waals surface area contributed by atoms with E-state index < -0.39 is 16.3 Å². The number of benzene rings is 2. The first-order chi connectivity index (χ1) is 14.3. The van der Waals surface area contributed by atoms with Crippen molar-refractivity contribution in [2.24, 2.45) is 0 Å². The molecule has 0 aliphatic carbocycles. The fraction of sp³-hybridized carbons (Fsp3) is 0.150. The summed E-state index contributed by atoms with van der Waals surface area (Å²) in [5.41, 5.74) is 1.65. The molecule has 4 aromatic rings. The molecule has 5 rings (SSSR count). The van der Waals surface area contributed by atoms with E-state index in [1.807, 2.05) is 0 Å². The van der Waals surface area contributed by atoms with Crippen LogP contribution in [0.15, 0.2) is 58.4 Å². The number of aromatic amines is 2. The fourth-order valence-corrected chi connectivity index (χ4v) is 4.91. The van der Waals surface area contributed by atoms with Crippen LogP contribution < -0.4 is 10.3 Å². The summed E-state index contributed by atoms with van der Waals surface area (Å²) < 4.78 is 39.2. The molecule has 3 heterocycles. The van der Waals surface area contributed by atoms with Gasteiger partial charge in [0.25, 0.3) is 15.6 Å². The molecule has 0 spiro atoms. The molecule has 2 aromatic carbocycles. The van der Waals surface area contributed by atoms with Crippen LogP contribution in [-0.4, -0.2) is 24.7 Å². The van der Waals surface area contributed by atoms with Gasteiger partial charge >= 0.3 is 0 Å². The number of anilines is 1. The van der Waals surface area contributed by atoms with E-state index >= 15 is 0 Å². The molecule has 2 aromatic heterocycles. The summed E-state index contributed by atoms with van der Waals surface area (Å²) in [6.45, 7) is 1.78. The van der Waals surface area contributed by atoms with Crippen LogP contribution in [0.5, 0.6) is 0 Å². The summed E-state index contributed by atoms with van der Waals surface area (Å²) in [5.74, 6) is 0. The van der Waals surface area contributed by atoms with Crippen LogP contribution in [0.4, 0.5) is 5.69 Å². The van der Waals surface area contributed by atoms with Gasteiger partial charge < -0.3 is 19.4 Å². The fourth-order valence-electron chi connectivity index (χ4n) is 3.56. The standard InChI is InChI=1S/C20H16ClN3O5S/c1-10-28-20(29-10)15-9-22-18-17(15)14-8-12(5-6-16(14)23-19(18)25)24-30(26,27)13-4-2-3-11(21)7-13/h2-10,20,22,24H,1H3,(H,23,25). The highest BCUT2D eigenvalue weighted by Gasteiger charge is 2.31. The highest BCUT2D eigenvalue weighted by atomic mass is 35.5. The molecular weight excluding hydrogens is 430 g/mol. The Balaban J connectivity index is 1.63. The first-order valence-electron chi connectivity index (χ1n) is 9.08. The molecule has 154 valence electrons. The Morgan fingerprint density at radius 2 is 1.93 bits per heavy atom. The lowest BCUT2D eigenvalue weighted by Gasteiger charge is -2.33. The zero-order valence-electron chi connectivity index (χ0n) is 15.6. The predicted octanol–water partition coefficient (Wildman–Crippen LogP) is 3.86. The van der Waals surface area contributed by atoms with Gasteiger partial charge in [0, 0.05) is 38.8 Å². The van der Waals surface area contributed by atoms with Crippen molar-refractivity contribution >= 4 is 49.1 Å². The smallest absolute Gasteiger partial charge is 0.272 e. The number of H-pyrrole nitrogens is 2. The maximum Gasteiger partial charge on any atom is 0.272 e. The molecule has 0 radical (unpaired) electrons. The monoisotopic (exact) mass is 445 g/mol. The van der Waals surface area contributed by atoms with Gasteiger partial charge in [0.05, 0.1) is 4.90 Å². The maximum absolute atomic E-state index is 12.8. The van der Waals surface area contributed by atoms with Crippen molar-refractivity contribution in [3.8, 4) is 0 Å². The quantitative estimate of drug-likeness (QED) is 0.441. The molecule has 3 N–H and O–H groups in total. The van der Waals surface area contributed by atoms with Crippen LogP contribution >= 0.6 is 11.6 Å². The minimum Gasteiger partial charge on any atom is -0.356 e. The number of fused-ring (bicyclic) bond motifs is 3. The molecule has 1 aliphatic rings. The van der Waals surface area contributed by atoms with Crippen molar-refractivity contribution in [2.75, 3.05) is 4.72 Å². The second kappa shape index (κ2) is 6.85. The minimum atomic E-state index is -3.84. The number of ether oxygens (including phenoxy) is 2. The number of halogens is 1. The number of sulfonamides is 1. The van der Waals surface area contributed by atoms with E-state index in [0.717, 1.165) is 0 Å². The van der Waals surface area contributed by atoms with E-state index in [4.69, 9.17) is 21.1 Å². The number of pyridine rings is 1. The van der Waals surface area contributed by atoms with Gasteiger partial charge in [-0.1, -0.05) is 17.7 Å². The molecule has 10 heteroatoms. The third kappa shape index (κ3) is 3.16. The Bertz CT molecular complexity index is 1450. The van der Waals surface area contributed by atoms with E-state index in [1.165, 1.54) is 12.1 Å². The SMILES string of the molecule is CC1OC(c2c[nH]c3c(=O)[nH]c4ccc(NS(=O)(=O)c5cccc(Cl)c5)cc4c23)O1. The van der Waals surface area contributed by atoms with Gasteiger partial charge in [0.1, 0.15) is 5.52 Å². The molecule has 1 fully saturated rings. The number of rotatable bonds is 4. The van der Waals surface area contributed by atoms with Crippen LogP contribution in [0.3, 0.4) is 0 Å². The highest BCUT2D eigenvalue weighted by molar-refractivity contribution is 7.92. The van der Waals surface area contributed by atoms with E-state index in [0.29, 0.717) is 38.1 Å². The average molecular weight is 446 g/mol. The van der Waals surface area contributed by atoms with Crippen LogP contribution in [-0.2, 0) is 19.5 Å². The highest BCUT2D eigenvalue weighted by Crippen LogP contribution is 2.38. The molecule has 0 unspecified atom stereocenters. The Hall–Kier alpha value is -2.85. The van der Waals surface area contributed by atoms with Crippen molar-refractivity contribution in [3.05, 3.63) is 69.6 Å². The zero-order chi connectivity index (χ0) is 21.0. The molecule has 0 atom stereocenters. The molecule has 0 saturated carbocycles. The van der Waals surface area contributed by atoms with Crippen molar-refractivity contribution in [2.45, 2.75) is 24.4 Å². The van der Waals surface area contributed by atoms with Crippen molar-refractivity contribution in [3.63, 3.8) is 0 Å². The molecule has 1 saturated heterocycles. The van der Waals surface area contributed by atoms with Crippen LogP contribution in [0.1, 0.15) is 18.8 Å². The third-order valence-corrected chi connectivity index (χ3v) is 6.53. The van der Waals surface area contributed by atoms with Gasteiger partial charge in [-0.15, -0.1) is 0 Å². The Morgan fingerprint density at radius 3 is 2.67 bits per heavy atom. The summed E-state index contributed by atoms with van der Waals surface area (Å²) in [7, 11) is -3.84. The number of nitrogens with one attached hydrogen (secondary N) is 3. The van der Waals surface area contributed by atoms with Crippen molar-refractivity contribution in [1.29, 1.82) is 0 Å². The first kappa shape index (κ1) is 19.1. The Morgan fingerprint density at radius 1 is 1.13 bits per heavy atom. The lowest BCUT2D eigenvalue weighted by atomic mass is 10.1. The molecular formula is C20H16ClN3O5S. The van der Waals surface area contributed by atoms with Crippen molar-refractivity contribution < 1.29 is 17.9 Å². The van der Waals surface area contributed by atoms with Crippen molar-refractivity contribution in [1.82, 2.24) is 9.97 Å². The second-order valence-corrected chi connectivity index (χ2v) is 9.06. The topological polar surface area (TPSA) is 113 Å². The zero-order valence-corrected chi connectivity index (χ0v) is 17.2. The van der Waals surface area contributed by atoms with Gasteiger partial charge in [-0.2, -0.15) is 0 Å². The van der Waals surface area contributed by atoms with Gasteiger partial charge in [0.15, 0.2) is 12.6 Å². The summed E-state index contributed by atoms with van der Waals surface area (Å²) >= 11 is 5.92. The summed E-state index contributed by atoms with van der Waals surface area (Å²) in [5, 5.41) is 1.59. The Kier molecular flexibility index (Phi) is 4.37. The average Bonchev–Trinajstić information content (AvgIpc) is 3.11. The number of hydrogen-bond acceptors (Lipinski definition) is 5. The normalized spacial score (nSPS) is 19.1. The largest absolute Gasteiger partial charge is 0.356 e.